The van der Waals surface area contributed by atoms with Crippen LogP contribution in [0.4, 0.5) is 5.69 Å². The number of methoxy groups -OCH3 is 1. The van der Waals surface area contributed by atoms with Gasteiger partial charge < -0.3 is 24.0 Å². The molecule has 1 unspecified atom stereocenters. The van der Waals surface area contributed by atoms with E-state index in [1.807, 2.05) is 36.4 Å². The molecule has 0 spiro atoms. The van der Waals surface area contributed by atoms with Crippen LogP contribution in [-0.2, 0) is 20.9 Å². The van der Waals surface area contributed by atoms with Crippen LogP contribution in [0.5, 0.6) is 11.5 Å². The first kappa shape index (κ1) is 22.1. The summed E-state index contributed by atoms with van der Waals surface area (Å²) in [6.45, 7) is 2.38. The Bertz CT molecular complexity index is 924. The van der Waals surface area contributed by atoms with Crippen molar-refractivity contribution in [3.8, 4) is 11.5 Å². The molecule has 4 rings (SSSR count). The van der Waals surface area contributed by atoms with Crippen LogP contribution < -0.4 is 14.4 Å². The minimum Gasteiger partial charge on any atom is -0.496 e. The maximum absolute atomic E-state index is 13.1. The molecule has 2 amide bonds. The van der Waals surface area contributed by atoms with Crippen molar-refractivity contribution in [2.24, 2.45) is 0 Å². The fraction of sp³-hybridized carbons (Fsp3) is 0.440. The third-order valence-electron chi connectivity index (χ3n) is 5.94. The third kappa shape index (κ3) is 5.40. The topological polar surface area (TPSA) is 68.3 Å². The highest BCUT2D eigenvalue weighted by Gasteiger charge is 2.24. The van der Waals surface area contributed by atoms with Gasteiger partial charge in [-0.05, 0) is 49.6 Å². The molecule has 7 nitrogen and oxygen atoms in total. The molecule has 170 valence electrons. The van der Waals surface area contributed by atoms with Crippen LogP contribution in [0.2, 0.25) is 0 Å². The Kier molecular flexibility index (Phi) is 7.27. The molecular weight excluding hydrogens is 408 g/mol. The lowest BCUT2D eigenvalue weighted by Crippen LogP contribution is -2.39. The lowest BCUT2D eigenvalue weighted by Gasteiger charge is -2.26. The van der Waals surface area contributed by atoms with E-state index < -0.39 is 0 Å². The first-order valence-corrected chi connectivity index (χ1v) is 11.2. The second-order valence-corrected chi connectivity index (χ2v) is 8.15. The SMILES string of the molecule is COc1ccccc1CN(CC1CCCO1)C(=O)COc1ccc(N2CCCC2=O)cc1. The van der Waals surface area contributed by atoms with Crippen molar-refractivity contribution in [3.63, 3.8) is 0 Å². The number of benzene rings is 2. The Labute approximate surface area is 188 Å². The van der Waals surface area contributed by atoms with E-state index >= 15 is 0 Å². The number of nitrogens with zero attached hydrogens (tertiary/aromatic N) is 2. The van der Waals surface area contributed by atoms with Crippen LogP contribution in [0.15, 0.2) is 48.5 Å². The van der Waals surface area contributed by atoms with Crippen LogP contribution >= 0.6 is 0 Å². The van der Waals surface area contributed by atoms with Gasteiger partial charge in [0.15, 0.2) is 6.61 Å². The van der Waals surface area contributed by atoms with Crippen molar-refractivity contribution in [3.05, 3.63) is 54.1 Å². The predicted octanol–water partition coefficient (Wildman–Crippen LogP) is 3.41. The Hall–Kier alpha value is -3.06. The van der Waals surface area contributed by atoms with Gasteiger partial charge in [0.25, 0.3) is 5.91 Å². The summed E-state index contributed by atoms with van der Waals surface area (Å²) in [5, 5.41) is 0. The van der Waals surface area contributed by atoms with E-state index in [2.05, 4.69) is 0 Å². The molecule has 1 atom stereocenters. The van der Waals surface area contributed by atoms with E-state index in [-0.39, 0.29) is 24.5 Å². The molecule has 2 heterocycles. The van der Waals surface area contributed by atoms with Crippen molar-refractivity contribution < 1.29 is 23.8 Å². The van der Waals surface area contributed by atoms with Gasteiger partial charge in [-0.2, -0.15) is 0 Å². The Morgan fingerprint density at radius 3 is 2.66 bits per heavy atom. The second kappa shape index (κ2) is 10.5. The van der Waals surface area contributed by atoms with Crippen LogP contribution in [0.3, 0.4) is 0 Å². The van der Waals surface area contributed by atoms with Crippen LogP contribution in [0.25, 0.3) is 0 Å². The van der Waals surface area contributed by atoms with Gasteiger partial charge in [-0.25, -0.2) is 0 Å². The summed E-state index contributed by atoms with van der Waals surface area (Å²) in [7, 11) is 1.63. The Balaban J connectivity index is 1.39. The molecule has 2 aliphatic heterocycles. The second-order valence-electron chi connectivity index (χ2n) is 8.15. The molecule has 2 aromatic carbocycles. The number of rotatable bonds is 9. The normalized spacial score (nSPS) is 18.1. The number of amides is 2. The van der Waals surface area contributed by atoms with Gasteiger partial charge in [-0.1, -0.05) is 18.2 Å². The maximum Gasteiger partial charge on any atom is 0.260 e. The van der Waals surface area contributed by atoms with Gasteiger partial charge in [-0.15, -0.1) is 0 Å². The zero-order valence-electron chi connectivity index (χ0n) is 18.5. The predicted molar refractivity (Wildman–Crippen MR) is 121 cm³/mol. The number of ether oxygens (including phenoxy) is 3. The fourth-order valence-corrected chi connectivity index (χ4v) is 4.21. The van der Waals surface area contributed by atoms with E-state index in [9.17, 15) is 9.59 Å². The number of carbonyl (C=O) groups is 2. The smallest absolute Gasteiger partial charge is 0.260 e. The molecule has 0 N–H and O–H groups in total. The van der Waals surface area contributed by atoms with Crippen LogP contribution in [0, 0.1) is 0 Å². The highest BCUT2D eigenvalue weighted by molar-refractivity contribution is 5.95. The summed E-state index contributed by atoms with van der Waals surface area (Å²) in [4.78, 5) is 28.6. The minimum absolute atomic E-state index is 0.0472. The standard InChI is InChI=1S/C25H30N2O5/c1-30-23-8-3-2-6-19(23)16-26(17-22-7-5-15-31-22)25(29)18-32-21-12-10-20(11-13-21)27-14-4-9-24(27)28/h2-3,6,8,10-13,22H,4-5,7,9,14-18H2,1H3. The first-order valence-electron chi connectivity index (χ1n) is 11.2. The summed E-state index contributed by atoms with van der Waals surface area (Å²) in [5.41, 5.74) is 1.81. The van der Waals surface area contributed by atoms with Gasteiger partial charge in [0.05, 0.1) is 13.2 Å². The monoisotopic (exact) mass is 438 g/mol. The molecule has 2 aromatic rings. The minimum atomic E-state index is -0.106. The van der Waals surface area contributed by atoms with Crippen molar-refractivity contribution in [2.45, 2.75) is 38.3 Å². The summed E-state index contributed by atoms with van der Waals surface area (Å²) in [6, 6.07) is 15.1. The molecule has 0 saturated carbocycles. The molecule has 0 aliphatic carbocycles. The van der Waals surface area contributed by atoms with Crippen LogP contribution in [-0.4, -0.2) is 56.2 Å². The average molecular weight is 439 g/mol. The number of hydrogen-bond acceptors (Lipinski definition) is 5. The van der Waals surface area contributed by atoms with Crippen LogP contribution in [0.1, 0.15) is 31.2 Å². The number of para-hydroxylation sites is 1. The summed E-state index contributed by atoms with van der Waals surface area (Å²) >= 11 is 0. The molecule has 2 fully saturated rings. The van der Waals surface area contributed by atoms with E-state index in [1.165, 1.54) is 0 Å². The lowest BCUT2D eigenvalue weighted by molar-refractivity contribution is -0.135. The largest absolute Gasteiger partial charge is 0.496 e. The highest BCUT2D eigenvalue weighted by Crippen LogP contribution is 2.25. The van der Waals surface area contributed by atoms with E-state index in [1.54, 1.807) is 29.0 Å². The maximum atomic E-state index is 13.1. The van der Waals surface area contributed by atoms with Crippen molar-refractivity contribution in [1.29, 1.82) is 0 Å². The molecule has 0 aromatic heterocycles. The van der Waals surface area contributed by atoms with E-state index in [0.717, 1.165) is 49.4 Å². The molecule has 2 saturated heterocycles. The molecule has 0 bridgehead atoms. The van der Waals surface area contributed by atoms with E-state index in [0.29, 0.717) is 25.3 Å². The molecule has 32 heavy (non-hydrogen) atoms. The van der Waals surface area contributed by atoms with Gasteiger partial charge in [0, 0.05) is 43.9 Å². The van der Waals surface area contributed by atoms with Crippen molar-refractivity contribution in [1.82, 2.24) is 4.90 Å². The van der Waals surface area contributed by atoms with Gasteiger partial charge >= 0.3 is 0 Å². The van der Waals surface area contributed by atoms with Crippen molar-refractivity contribution >= 4 is 17.5 Å². The van der Waals surface area contributed by atoms with E-state index in [4.69, 9.17) is 14.2 Å². The van der Waals surface area contributed by atoms with Crippen molar-refractivity contribution in [2.75, 3.05) is 38.3 Å². The first-order chi connectivity index (χ1) is 15.6. The van der Waals surface area contributed by atoms with Gasteiger partial charge in [0.2, 0.25) is 5.91 Å². The highest BCUT2D eigenvalue weighted by atomic mass is 16.5. The zero-order chi connectivity index (χ0) is 22.3. The lowest BCUT2D eigenvalue weighted by atomic mass is 10.1. The zero-order valence-corrected chi connectivity index (χ0v) is 18.5. The van der Waals surface area contributed by atoms with Gasteiger partial charge in [-0.3, -0.25) is 9.59 Å². The molecular formula is C25H30N2O5. The summed E-state index contributed by atoms with van der Waals surface area (Å²) < 4.78 is 17.0. The average Bonchev–Trinajstić information content (AvgIpc) is 3.49. The summed E-state index contributed by atoms with van der Waals surface area (Å²) in [6.07, 6.45) is 3.50. The Morgan fingerprint density at radius 1 is 1.16 bits per heavy atom. The van der Waals surface area contributed by atoms with Gasteiger partial charge in [0.1, 0.15) is 11.5 Å². The quantitative estimate of drug-likeness (QED) is 0.600. The Morgan fingerprint density at radius 2 is 1.97 bits per heavy atom. The third-order valence-corrected chi connectivity index (χ3v) is 5.94. The summed E-state index contributed by atoms with van der Waals surface area (Å²) in [5.74, 6) is 1.40. The number of hydrogen-bond donors (Lipinski definition) is 0. The molecule has 7 heteroatoms. The fourth-order valence-electron chi connectivity index (χ4n) is 4.21. The number of carbonyl (C=O) groups excluding carboxylic acids is 2. The molecule has 0 radical (unpaired) electrons. The number of anilines is 1. The molecule has 2 aliphatic rings.